The number of nitrogens with one attached hydrogen (secondary N) is 3. The summed E-state index contributed by atoms with van der Waals surface area (Å²) in [5.74, 6) is 0.405. The Bertz CT molecular complexity index is 1260. The van der Waals surface area contributed by atoms with Crippen molar-refractivity contribution in [3.63, 3.8) is 0 Å². The van der Waals surface area contributed by atoms with E-state index in [1.54, 1.807) is 4.90 Å². The number of hydrogen-bond donors (Lipinski definition) is 3. The van der Waals surface area contributed by atoms with Crippen molar-refractivity contribution in [2.45, 2.75) is 19.4 Å². The average molecular weight is 438 g/mol. The highest BCUT2D eigenvalue weighted by Crippen LogP contribution is 2.27. The van der Waals surface area contributed by atoms with Gasteiger partial charge in [0, 0.05) is 30.8 Å². The summed E-state index contributed by atoms with van der Waals surface area (Å²) in [5, 5.41) is 6.17. The number of aromatic nitrogens is 2. The van der Waals surface area contributed by atoms with Crippen molar-refractivity contribution < 1.29 is 9.59 Å². The molecule has 7 nitrogen and oxygen atoms in total. The van der Waals surface area contributed by atoms with E-state index in [9.17, 15) is 9.59 Å². The summed E-state index contributed by atoms with van der Waals surface area (Å²) < 4.78 is 0. The molecule has 4 aromatic rings. The Balaban J connectivity index is 1.18. The smallest absolute Gasteiger partial charge is 0.240 e. The van der Waals surface area contributed by atoms with Crippen LogP contribution in [0.2, 0.25) is 0 Å². The van der Waals surface area contributed by atoms with Crippen LogP contribution in [-0.4, -0.2) is 28.3 Å². The predicted octanol–water partition coefficient (Wildman–Crippen LogP) is 4.18. The highest BCUT2D eigenvalue weighted by molar-refractivity contribution is 6.00. The summed E-state index contributed by atoms with van der Waals surface area (Å²) in [4.78, 5) is 34.4. The molecule has 0 fully saturated rings. The van der Waals surface area contributed by atoms with Crippen molar-refractivity contribution in [1.82, 2.24) is 15.3 Å². The van der Waals surface area contributed by atoms with E-state index < -0.39 is 0 Å². The van der Waals surface area contributed by atoms with Crippen LogP contribution in [0.5, 0.6) is 0 Å². The molecule has 1 aliphatic rings. The molecule has 33 heavy (non-hydrogen) atoms. The standard InChI is InChI=1S/C26H23N5O2/c32-24(17-31-23-10-4-1-6-19(23)7-5-11-25(31)33)27-16-18-12-14-20(15-13-18)28-26-29-21-8-2-3-9-22(21)30-26/h1-4,6,8-10,12-15H,5,11,16-17H2,(H,27,32)(H2,28,29,30). The Morgan fingerprint density at radius 3 is 2.67 bits per heavy atom. The van der Waals surface area contributed by atoms with Crippen molar-refractivity contribution in [2.75, 3.05) is 16.8 Å². The first-order chi connectivity index (χ1) is 16.2. The molecule has 1 aliphatic heterocycles. The molecule has 164 valence electrons. The van der Waals surface area contributed by atoms with E-state index >= 15 is 0 Å². The lowest BCUT2D eigenvalue weighted by Gasteiger charge is -2.22. The summed E-state index contributed by atoms with van der Waals surface area (Å²) in [5.41, 5.74) is 5.33. The van der Waals surface area contributed by atoms with Crippen LogP contribution in [0.15, 0.2) is 72.8 Å². The monoisotopic (exact) mass is 437 g/mol. The number of hydrogen-bond acceptors (Lipinski definition) is 4. The molecule has 2 heterocycles. The van der Waals surface area contributed by atoms with Crippen molar-refractivity contribution in [3.8, 4) is 0 Å². The fourth-order valence-corrected chi connectivity index (χ4v) is 3.86. The number of carbonyl (C=O) groups excluding carboxylic acids is 2. The number of anilines is 3. The first-order valence-corrected chi connectivity index (χ1v) is 10.9. The Kier molecular flexibility index (Phi) is 5.76. The first kappa shape index (κ1) is 20.8. The van der Waals surface area contributed by atoms with E-state index in [0.717, 1.165) is 33.5 Å². The number of para-hydroxylation sites is 3. The van der Waals surface area contributed by atoms with Gasteiger partial charge >= 0.3 is 0 Å². The highest BCUT2D eigenvalue weighted by atomic mass is 16.2. The van der Waals surface area contributed by atoms with Crippen LogP contribution in [0.3, 0.4) is 0 Å². The Hall–Kier alpha value is -4.13. The third-order valence-electron chi connectivity index (χ3n) is 5.55. The minimum atomic E-state index is -0.204. The number of imidazole rings is 1. The Morgan fingerprint density at radius 2 is 1.82 bits per heavy atom. The molecule has 1 aromatic heterocycles. The van der Waals surface area contributed by atoms with E-state index in [2.05, 4.69) is 27.0 Å². The van der Waals surface area contributed by atoms with Crippen LogP contribution in [0.1, 0.15) is 24.0 Å². The van der Waals surface area contributed by atoms with Crippen LogP contribution in [0.25, 0.3) is 11.0 Å². The molecule has 0 bridgehead atoms. The number of H-pyrrole nitrogens is 1. The van der Waals surface area contributed by atoms with Gasteiger partial charge in [-0.25, -0.2) is 4.98 Å². The van der Waals surface area contributed by atoms with Gasteiger partial charge in [0.05, 0.1) is 11.0 Å². The van der Waals surface area contributed by atoms with Gasteiger partial charge in [-0.05, 0) is 47.9 Å². The maximum Gasteiger partial charge on any atom is 0.240 e. The van der Waals surface area contributed by atoms with Gasteiger partial charge in [-0.2, -0.15) is 0 Å². The zero-order valence-electron chi connectivity index (χ0n) is 18.0. The number of rotatable bonds is 6. The third kappa shape index (κ3) is 4.72. The van der Waals surface area contributed by atoms with Crippen LogP contribution in [-0.2, 0) is 16.1 Å². The number of nitrogens with zero attached hydrogens (tertiary/aromatic N) is 2. The summed E-state index contributed by atoms with van der Waals surface area (Å²) in [6, 6.07) is 23.2. The van der Waals surface area contributed by atoms with Gasteiger partial charge in [-0.1, -0.05) is 42.5 Å². The lowest BCUT2D eigenvalue weighted by molar-refractivity contribution is -0.123. The van der Waals surface area contributed by atoms with E-state index in [0.29, 0.717) is 25.3 Å². The van der Waals surface area contributed by atoms with Gasteiger partial charge in [-0.15, -0.1) is 0 Å². The Labute approximate surface area is 191 Å². The summed E-state index contributed by atoms with van der Waals surface area (Å²) in [6.07, 6.45) is 4.15. The fraction of sp³-hybridized carbons (Fsp3) is 0.154. The molecular formula is C26H23N5O2. The number of amides is 2. The molecule has 0 saturated heterocycles. The lowest BCUT2D eigenvalue weighted by Crippen LogP contribution is -2.40. The minimum Gasteiger partial charge on any atom is -0.350 e. The predicted molar refractivity (Wildman–Crippen MR) is 128 cm³/mol. The second-order valence-electron chi connectivity index (χ2n) is 7.88. The SMILES string of the molecule is O=C(CN1C(=O)CC[C]c2ccccc21)NCc1ccc(Nc2nc3ccccc3[nH]2)cc1. The zero-order valence-corrected chi connectivity index (χ0v) is 18.0. The minimum absolute atomic E-state index is 0.0107. The fourth-order valence-electron chi connectivity index (χ4n) is 3.86. The molecule has 0 unspecified atom stereocenters. The quantitative estimate of drug-likeness (QED) is 0.422. The van der Waals surface area contributed by atoms with E-state index in [4.69, 9.17) is 0 Å². The summed E-state index contributed by atoms with van der Waals surface area (Å²) >= 11 is 0. The van der Waals surface area contributed by atoms with Crippen LogP contribution in [0, 0.1) is 6.42 Å². The molecule has 0 aliphatic carbocycles. The maximum absolute atomic E-state index is 12.6. The number of aromatic amines is 1. The lowest BCUT2D eigenvalue weighted by atomic mass is 10.1. The molecular weight excluding hydrogens is 414 g/mol. The van der Waals surface area contributed by atoms with Crippen molar-refractivity contribution in [3.05, 3.63) is 90.3 Å². The van der Waals surface area contributed by atoms with E-state index in [-0.39, 0.29) is 18.4 Å². The van der Waals surface area contributed by atoms with E-state index in [1.165, 1.54) is 0 Å². The Morgan fingerprint density at radius 1 is 1.03 bits per heavy atom. The molecule has 3 aromatic carbocycles. The number of fused-ring (bicyclic) bond motifs is 2. The van der Waals surface area contributed by atoms with E-state index in [1.807, 2.05) is 72.8 Å². The van der Waals surface area contributed by atoms with Crippen LogP contribution < -0.4 is 15.5 Å². The highest BCUT2D eigenvalue weighted by Gasteiger charge is 2.24. The molecule has 2 amide bonds. The molecule has 5 rings (SSSR count). The second kappa shape index (κ2) is 9.16. The van der Waals surface area contributed by atoms with Crippen molar-refractivity contribution in [1.29, 1.82) is 0 Å². The molecule has 3 N–H and O–H groups in total. The average Bonchev–Trinajstić information content (AvgIpc) is 3.17. The zero-order chi connectivity index (χ0) is 22.6. The number of benzene rings is 3. The first-order valence-electron chi connectivity index (χ1n) is 10.9. The normalized spacial score (nSPS) is 13.5. The summed E-state index contributed by atoms with van der Waals surface area (Å²) in [7, 11) is 0. The van der Waals surface area contributed by atoms with Gasteiger partial charge < -0.3 is 20.5 Å². The molecule has 0 saturated carbocycles. The van der Waals surface area contributed by atoms with Crippen molar-refractivity contribution >= 4 is 40.2 Å². The van der Waals surface area contributed by atoms with Gasteiger partial charge in [-0.3, -0.25) is 9.59 Å². The van der Waals surface area contributed by atoms with Crippen LogP contribution in [0.4, 0.5) is 17.3 Å². The molecule has 0 atom stereocenters. The van der Waals surface area contributed by atoms with Gasteiger partial charge in [0.2, 0.25) is 17.8 Å². The topological polar surface area (TPSA) is 90.1 Å². The largest absolute Gasteiger partial charge is 0.350 e. The molecule has 0 spiro atoms. The molecule has 7 heteroatoms. The summed E-state index contributed by atoms with van der Waals surface area (Å²) in [6.45, 7) is 0.370. The number of carbonyl (C=O) groups is 2. The van der Waals surface area contributed by atoms with Crippen LogP contribution >= 0.6 is 0 Å². The second-order valence-corrected chi connectivity index (χ2v) is 7.88. The maximum atomic E-state index is 12.6. The third-order valence-corrected chi connectivity index (χ3v) is 5.55. The van der Waals surface area contributed by atoms with Crippen molar-refractivity contribution in [2.24, 2.45) is 0 Å². The molecule has 2 radical (unpaired) electrons. The van der Waals surface area contributed by atoms with Gasteiger partial charge in [0.25, 0.3) is 0 Å². The van der Waals surface area contributed by atoms with Gasteiger partial charge in [0.1, 0.15) is 6.54 Å². The van der Waals surface area contributed by atoms with Gasteiger partial charge in [0.15, 0.2) is 0 Å².